The van der Waals surface area contributed by atoms with E-state index in [1.807, 2.05) is 45.0 Å². The highest BCUT2D eigenvalue weighted by Crippen LogP contribution is 2.28. The first-order valence-electron chi connectivity index (χ1n) is 16.2. The van der Waals surface area contributed by atoms with Crippen LogP contribution in [0.4, 0.5) is 10.5 Å². The number of piperidine rings is 2. The molecule has 10 heteroatoms. The third-order valence-electron chi connectivity index (χ3n) is 8.79. The molecule has 1 aliphatic carbocycles. The van der Waals surface area contributed by atoms with Crippen LogP contribution in [0.2, 0.25) is 5.02 Å². The van der Waals surface area contributed by atoms with Gasteiger partial charge in [0.05, 0.1) is 28.9 Å². The number of amides is 2. The number of halogens is 1. The quantitative estimate of drug-likeness (QED) is 0.360. The zero-order chi connectivity index (χ0) is 32.0. The van der Waals surface area contributed by atoms with Crippen molar-refractivity contribution in [3.05, 3.63) is 58.6 Å². The second-order valence-corrected chi connectivity index (χ2v) is 13.8. The molecule has 2 heterocycles. The maximum atomic E-state index is 13.0. The van der Waals surface area contributed by atoms with E-state index in [0.29, 0.717) is 35.0 Å². The van der Waals surface area contributed by atoms with Gasteiger partial charge in [-0.05, 0) is 109 Å². The molecule has 2 aromatic carbocycles. The smallest absolute Gasteiger partial charge is 0.410 e. The monoisotopic (exact) mass is 636 g/mol. The lowest BCUT2D eigenvalue weighted by molar-refractivity contribution is -0.0535. The van der Waals surface area contributed by atoms with Crippen LogP contribution in [-0.2, 0) is 9.47 Å². The third-order valence-corrected chi connectivity index (χ3v) is 9.10. The van der Waals surface area contributed by atoms with E-state index in [2.05, 4.69) is 16.3 Å². The molecule has 45 heavy (non-hydrogen) atoms. The van der Waals surface area contributed by atoms with E-state index in [4.69, 9.17) is 31.1 Å². The van der Waals surface area contributed by atoms with E-state index in [-0.39, 0.29) is 36.4 Å². The summed E-state index contributed by atoms with van der Waals surface area (Å²) in [5, 5.41) is 12.6. The Balaban J connectivity index is 0.999. The summed E-state index contributed by atoms with van der Waals surface area (Å²) < 4.78 is 18.0. The van der Waals surface area contributed by atoms with Gasteiger partial charge in [-0.15, -0.1) is 0 Å². The Bertz CT molecular complexity index is 1350. The van der Waals surface area contributed by atoms with Crippen molar-refractivity contribution in [2.45, 2.75) is 102 Å². The summed E-state index contributed by atoms with van der Waals surface area (Å²) in [6.07, 6.45) is 7.20. The normalized spacial score (nSPS) is 21.6. The third kappa shape index (κ3) is 9.27. The standard InChI is InChI=1S/C35H45ClN4O5/c1-35(2,3)45-34(42)40-20-16-30(17-21-40)43-29-14-18-39(19-15-29)27-9-4-24(5-10-27)33(41)38-26-7-12-28(13-8-26)44-31-11-6-25(23-37)32(36)22-31/h4-6,9-11,22,26,28-30H,7-8,12-21H2,1-3H3,(H,38,41)/t26-,28-. The van der Waals surface area contributed by atoms with E-state index in [1.165, 1.54) is 0 Å². The molecule has 0 spiro atoms. The van der Waals surface area contributed by atoms with Gasteiger partial charge in [-0.25, -0.2) is 4.79 Å². The highest BCUT2D eigenvalue weighted by Gasteiger charge is 2.30. The molecular weight excluding hydrogens is 592 g/mol. The molecule has 3 fully saturated rings. The molecule has 5 rings (SSSR count). The van der Waals surface area contributed by atoms with Crippen LogP contribution in [0.1, 0.15) is 88.1 Å². The summed E-state index contributed by atoms with van der Waals surface area (Å²) in [5.41, 5.74) is 1.74. The second-order valence-electron chi connectivity index (χ2n) is 13.4. The summed E-state index contributed by atoms with van der Waals surface area (Å²) in [7, 11) is 0. The minimum atomic E-state index is -0.479. The average Bonchev–Trinajstić information content (AvgIpc) is 3.02. The largest absolute Gasteiger partial charge is 0.490 e. The number of carbonyl (C=O) groups excluding carboxylic acids is 2. The highest BCUT2D eigenvalue weighted by atomic mass is 35.5. The van der Waals surface area contributed by atoms with Crippen LogP contribution >= 0.6 is 11.6 Å². The summed E-state index contributed by atoms with van der Waals surface area (Å²) in [5.74, 6) is 0.621. The zero-order valence-electron chi connectivity index (χ0n) is 26.6. The Labute approximate surface area is 271 Å². The molecule has 0 radical (unpaired) electrons. The molecule has 1 saturated carbocycles. The van der Waals surface area contributed by atoms with Gasteiger partial charge in [0, 0.05) is 49.5 Å². The lowest BCUT2D eigenvalue weighted by atomic mass is 9.92. The number of nitriles is 1. The maximum absolute atomic E-state index is 13.0. The lowest BCUT2D eigenvalue weighted by Crippen LogP contribution is -2.45. The molecule has 9 nitrogen and oxygen atoms in total. The molecule has 0 unspecified atom stereocenters. The SMILES string of the molecule is CC(C)(C)OC(=O)N1CCC(OC2CCN(c3ccc(C(=O)N[C@H]4CC[C@H](Oc5ccc(C#N)c(Cl)c5)CC4)cc3)CC2)CC1. The molecular formula is C35H45ClN4O5. The summed E-state index contributed by atoms with van der Waals surface area (Å²) in [6, 6.07) is 15.2. The number of hydrogen-bond acceptors (Lipinski definition) is 7. The summed E-state index contributed by atoms with van der Waals surface area (Å²) >= 11 is 6.13. The van der Waals surface area contributed by atoms with Crippen LogP contribution in [-0.4, -0.2) is 73.0 Å². The van der Waals surface area contributed by atoms with Crippen molar-refractivity contribution in [1.29, 1.82) is 5.26 Å². The number of hydrogen-bond donors (Lipinski definition) is 1. The van der Waals surface area contributed by atoms with Crippen LogP contribution in [0, 0.1) is 11.3 Å². The van der Waals surface area contributed by atoms with E-state index in [9.17, 15) is 9.59 Å². The number of benzene rings is 2. The van der Waals surface area contributed by atoms with Gasteiger partial charge in [-0.3, -0.25) is 4.79 Å². The van der Waals surface area contributed by atoms with Crippen LogP contribution in [0.25, 0.3) is 0 Å². The van der Waals surface area contributed by atoms with E-state index >= 15 is 0 Å². The van der Waals surface area contributed by atoms with Gasteiger partial charge in [-0.2, -0.15) is 5.26 Å². The molecule has 3 aliphatic rings. The Morgan fingerprint density at radius 3 is 2.07 bits per heavy atom. The molecule has 2 saturated heterocycles. The molecule has 0 atom stereocenters. The minimum Gasteiger partial charge on any atom is -0.490 e. The lowest BCUT2D eigenvalue weighted by Gasteiger charge is -2.38. The second kappa shape index (κ2) is 14.7. The van der Waals surface area contributed by atoms with Crippen LogP contribution in [0.15, 0.2) is 42.5 Å². The number of rotatable bonds is 7. The average molecular weight is 637 g/mol. The molecule has 2 aliphatic heterocycles. The van der Waals surface area contributed by atoms with E-state index in [0.717, 1.165) is 70.1 Å². The predicted octanol–water partition coefficient (Wildman–Crippen LogP) is 6.72. The molecule has 0 aromatic heterocycles. The maximum Gasteiger partial charge on any atom is 0.410 e. The molecule has 2 aromatic rings. The Morgan fingerprint density at radius 1 is 0.867 bits per heavy atom. The van der Waals surface area contributed by atoms with Crippen molar-refractivity contribution < 1.29 is 23.8 Å². The van der Waals surface area contributed by atoms with Crippen molar-refractivity contribution in [1.82, 2.24) is 10.2 Å². The first-order valence-corrected chi connectivity index (χ1v) is 16.6. The van der Waals surface area contributed by atoms with Gasteiger partial charge in [0.1, 0.15) is 17.4 Å². The van der Waals surface area contributed by atoms with Gasteiger partial charge in [0.15, 0.2) is 0 Å². The van der Waals surface area contributed by atoms with Crippen molar-refractivity contribution in [3.8, 4) is 11.8 Å². The number of nitrogens with zero attached hydrogens (tertiary/aromatic N) is 3. The number of likely N-dealkylation sites (tertiary alicyclic amines) is 1. The van der Waals surface area contributed by atoms with Crippen LogP contribution in [0.5, 0.6) is 5.75 Å². The van der Waals surface area contributed by atoms with Crippen LogP contribution < -0.4 is 15.0 Å². The van der Waals surface area contributed by atoms with Gasteiger partial charge in [0.25, 0.3) is 5.91 Å². The predicted molar refractivity (Wildman–Crippen MR) is 174 cm³/mol. The fraction of sp³-hybridized carbons (Fsp3) is 0.571. The summed E-state index contributed by atoms with van der Waals surface area (Å²) in [4.78, 5) is 29.5. The topological polar surface area (TPSA) is 104 Å². The molecule has 2 amide bonds. The Kier molecular flexibility index (Phi) is 10.8. The molecule has 1 N–H and O–H groups in total. The van der Waals surface area contributed by atoms with Gasteiger partial charge < -0.3 is 29.3 Å². The zero-order valence-corrected chi connectivity index (χ0v) is 27.4. The van der Waals surface area contributed by atoms with Crippen molar-refractivity contribution in [3.63, 3.8) is 0 Å². The Morgan fingerprint density at radius 2 is 1.49 bits per heavy atom. The van der Waals surface area contributed by atoms with Gasteiger partial charge in [0.2, 0.25) is 0 Å². The van der Waals surface area contributed by atoms with Crippen LogP contribution in [0.3, 0.4) is 0 Å². The van der Waals surface area contributed by atoms with Crippen molar-refractivity contribution in [2.24, 2.45) is 0 Å². The number of carbonyl (C=O) groups is 2. The highest BCUT2D eigenvalue weighted by molar-refractivity contribution is 6.31. The van der Waals surface area contributed by atoms with Crippen molar-refractivity contribution >= 4 is 29.3 Å². The number of anilines is 1. The van der Waals surface area contributed by atoms with Gasteiger partial charge in [-0.1, -0.05) is 11.6 Å². The molecule has 0 bridgehead atoms. The fourth-order valence-electron chi connectivity index (χ4n) is 6.29. The fourth-order valence-corrected chi connectivity index (χ4v) is 6.51. The number of nitrogens with one attached hydrogen (secondary N) is 1. The van der Waals surface area contributed by atoms with Crippen molar-refractivity contribution in [2.75, 3.05) is 31.1 Å². The summed E-state index contributed by atoms with van der Waals surface area (Å²) in [6.45, 7) is 8.83. The number of ether oxygens (including phenoxy) is 3. The van der Waals surface area contributed by atoms with E-state index < -0.39 is 5.60 Å². The first kappa shape index (κ1) is 32.9. The Hall–Kier alpha value is -3.48. The minimum absolute atomic E-state index is 0.0467. The first-order chi connectivity index (χ1) is 21.6. The van der Waals surface area contributed by atoms with E-state index in [1.54, 1.807) is 23.1 Å². The molecule has 242 valence electrons. The van der Waals surface area contributed by atoms with Gasteiger partial charge >= 0.3 is 6.09 Å².